The van der Waals surface area contributed by atoms with Gasteiger partial charge in [0.15, 0.2) is 0 Å². The zero-order valence-electron chi connectivity index (χ0n) is 24.3. The number of hydrogen-bond donors (Lipinski definition) is 0. The molecule has 2 aliphatic heterocycles. The van der Waals surface area contributed by atoms with Gasteiger partial charge in [-0.2, -0.15) is 0 Å². The number of rotatable bonds is 8. The molecule has 2 saturated heterocycles. The highest BCUT2D eigenvalue weighted by atomic mass is 16.5. The smallest absolute Gasteiger partial charge is 0.0863 e. The Labute approximate surface area is 231 Å². The normalized spacial score (nSPS) is 35.0. The molecule has 6 rings (SSSR count). The molecule has 0 radical (unpaired) electrons. The molecule has 2 aromatic rings. The maximum atomic E-state index is 6.93. The van der Waals surface area contributed by atoms with Crippen molar-refractivity contribution < 1.29 is 9.47 Å². The van der Waals surface area contributed by atoms with Crippen LogP contribution < -0.4 is 0 Å². The van der Waals surface area contributed by atoms with E-state index in [0.29, 0.717) is 42.0 Å². The minimum Gasteiger partial charge on any atom is -0.374 e. The third-order valence-corrected chi connectivity index (χ3v) is 10.5. The van der Waals surface area contributed by atoms with Crippen LogP contribution in [0.4, 0.5) is 0 Å². The molecule has 2 heterocycles. The van der Waals surface area contributed by atoms with Crippen LogP contribution in [-0.2, 0) is 15.9 Å². The molecule has 206 valence electrons. The van der Waals surface area contributed by atoms with Gasteiger partial charge >= 0.3 is 0 Å². The van der Waals surface area contributed by atoms with Gasteiger partial charge < -0.3 is 9.47 Å². The lowest BCUT2D eigenvalue weighted by atomic mass is 9.71. The Balaban J connectivity index is 1.22. The van der Waals surface area contributed by atoms with Crippen molar-refractivity contribution in [3.63, 3.8) is 0 Å². The molecule has 2 aromatic carbocycles. The summed E-state index contributed by atoms with van der Waals surface area (Å²) < 4.78 is 13.8. The number of benzene rings is 2. The first kappa shape index (κ1) is 26.6. The minimum absolute atomic E-state index is 0.159. The van der Waals surface area contributed by atoms with Gasteiger partial charge in [0.1, 0.15) is 0 Å². The van der Waals surface area contributed by atoms with Crippen LogP contribution in [0.15, 0.2) is 54.6 Å². The van der Waals surface area contributed by atoms with Crippen LogP contribution in [0.3, 0.4) is 0 Å². The third kappa shape index (κ3) is 5.37. The Bertz CT molecular complexity index is 1060. The monoisotopic (exact) mass is 514 g/mol. The predicted octanol–water partition coefficient (Wildman–Crippen LogP) is 9.29. The lowest BCUT2D eigenvalue weighted by Crippen LogP contribution is -2.28. The van der Waals surface area contributed by atoms with Crippen LogP contribution in [0.2, 0.25) is 0 Å². The summed E-state index contributed by atoms with van der Waals surface area (Å²) in [5, 5.41) is 0. The molecular formula is C36H50O2. The standard InChI is InChI=1S/C36H50O2/c1-24(2)21-32-28-18-12-19-29(28)35(38-32)27-16-9-8-15-26(27)22-36(3,4)23-33-34(25-13-6-5-7-14-25)30-17-10-11-20-31(30)37-33/h5-9,13-16,24,28-35H,10-12,17-23H2,1-4H3. The minimum atomic E-state index is 0.159. The van der Waals surface area contributed by atoms with Crippen LogP contribution in [0.5, 0.6) is 0 Å². The molecule has 2 nitrogen and oxygen atoms in total. The van der Waals surface area contributed by atoms with Gasteiger partial charge in [-0.15, -0.1) is 0 Å². The SMILES string of the molecule is CC(C)CC1OC(c2ccccc2CC(C)(C)CC2OC3CCCCC3C2c2ccccc2)C2CCCC12. The van der Waals surface area contributed by atoms with Crippen molar-refractivity contribution in [1.29, 1.82) is 0 Å². The molecule has 2 aliphatic carbocycles. The molecule has 0 spiro atoms. The largest absolute Gasteiger partial charge is 0.374 e. The van der Waals surface area contributed by atoms with E-state index in [0.717, 1.165) is 18.8 Å². The van der Waals surface area contributed by atoms with Gasteiger partial charge in [0.25, 0.3) is 0 Å². The highest BCUT2D eigenvalue weighted by Gasteiger charge is 2.49. The highest BCUT2D eigenvalue weighted by Crippen LogP contribution is 2.54. The molecule has 4 aliphatic rings. The van der Waals surface area contributed by atoms with Gasteiger partial charge in [0, 0.05) is 5.92 Å². The van der Waals surface area contributed by atoms with Gasteiger partial charge in [-0.1, -0.05) is 102 Å². The lowest BCUT2D eigenvalue weighted by Gasteiger charge is -2.33. The fraction of sp³-hybridized carbons (Fsp3) is 0.667. The van der Waals surface area contributed by atoms with Gasteiger partial charge in [-0.3, -0.25) is 0 Å². The summed E-state index contributed by atoms with van der Waals surface area (Å²) in [6, 6.07) is 20.6. The van der Waals surface area contributed by atoms with Crippen molar-refractivity contribution in [1.82, 2.24) is 0 Å². The Morgan fingerprint density at radius 3 is 2.29 bits per heavy atom. The predicted molar refractivity (Wildman–Crippen MR) is 156 cm³/mol. The Hall–Kier alpha value is -1.64. The van der Waals surface area contributed by atoms with Crippen molar-refractivity contribution in [2.24, 2.45) is 29.1 Å². The number of fused-ring (bicyclic) bond motifs is 2. The van der Waals surface area contributed by atoms with E-state index in [4.69, 9.17) is 9.47 Å². The Morgan fingerprint density at radius 1 is 0.763 bits per heavy atom. The first-order valence-corrected chi connectivity index (χ1v) is 15.8. The van der Waals surface area contributed by atoms with E-state index in [9.17, 15) is 0 Å². The number of ether oxygens (including phenoxy) is 2. The lowest BCUT2D eigenvalue weighted by molar-refractivity contribution is -0.00180. The number of hydrogen-bond acceptors (Lipinski definition) is 2. The van der Waals surface area contributed by atoms with Gasteiger partial charge in [0.2, 0.25) is 0 Å². The molecule has 0 N–H and O–H groups in total. The van der Waals surface area contributed by atoms with E-state index in [1.54, 1.807) is 0 Å². The van der Waals surface area contributed by atoms with Crippen molar-refractivity contribution in [2.45, 2.75) is 122 Å². The topological polar surface area (TPSA) is 18.5 Å². The second-order valence-corrected chi connectivity index (χ2v) is 14.3. The fourth-order valence-corrected chi connectivity index (χ4v) is 8.95. The zero-order valence-corrected chi connectivity index (χ0v) is 24.3. The second kappa shape index (κ2) is 11.1. The molecular weight excluding hydrogens is 464 g/mol. The van der Waals surface area contributed by atoms with Gasteiger partial charge in [-0.05, 0) is 90.7 Å². The Kier molecular flexibility index (Phi) is 7.75. The summed E-state index contributed by atoms with van der Waals surface area (Å²) in [4.78, 5) is 0. The van der Waals surface area contributed by atoms with Crippen molar-refractivity contribution >= 4 is 0 Å². The van der Waals surface area contributed by atoms with E-state index in [2.05, 4.69) is 82.3 Å². The fourth-order valence-electron chi connectivity index (χ4n) is 8.95. The van der Waals surface area contributed by atoms with Crippen LogP contribution in [0.1, 0.15) is 114 Å². The zero-order chi connectivity index (χ0) is 26.3. The summed E-state index contributed by atoms with van der Waals surface area (Å²) in [7, 11) is 0. The van der Waals surface area contributed by atoms with E-state index < -0.39 is 0 Å². The summed E-state index contributed by atoms with van der Waals surface area (Å²) >= 11 is 0. The first-order chi connectivity index (χ1) is 18.4. The van der Waals surface area contributed by atoms with Crippen LogP contribution in [0.25, 0.3) is 0 Å². The van der Waals surface area contributed by atoms with Crippen molar-refractivity contribution in [3.05, 3.63) is 71.3 Å². The van der Waals surface area contributed by atoms with Crippen LogP contribution in [0, 0.1) is 29.1 Å². The summed E-state index contributed by atoms with van der Waals surface area (Å²) in [5.41, 5.74) is 4.63. The van der Waals surface area contributed by atoms with E-state index >= 15 is 0 Å². The summed E-state index contributed by atoms with van der Waals surface area (Å²) in [6.45, 7) is 9.65. The van der Waals surface area contributed by atoms with Crippen LogP contribution in [-0.4, -0.2) is 18.3 Å². The molecule has 4 fully saturated rings. The maximum absolute atomic E-state index is 6.93. The first-order valence-electron chi connectivity index (χ1n) is 15.8. The molecule has 0 bridgehead atoms. The second-order valence-electron chi connectivity index (χ2n) is 14.3. The van der Waals surface area contributed by atoms with Gasteiger partial charge in [-0.25, -0.2) is 0 Å². The maximum Gasteiger partial charge on any atom is 0.0863 e. The Morgan fingerprint density at radius 2 is 1.47 bits per heavy atom. The average molecular weight is 515 g/mol. The molecule has 38 heavy (non-hydrogen) atoms. The van der Waals surface area contributed by atoms with Crippen molar-refractivity contribution in [3.8, 4) is 0 Å². The van der Waals surface area contributed by atoms with Gasteiger partial charge in [0.05, 0.1) is 24.4 Å². The molecule has 0 aromatic heterocycles. The third-order valence-electron chi connectivity index (χ3n) is 10.5. The molecule has 8 atom stereocenters. The van der Waals surface area contributed by atoms with Crippen molar-refractivity contribution in [2.75, 3.05) is 0 Å². The van der Waals surface area contributed by atoms with E-state index in [1.807, 2.05) is 0 Å². The molecule has 8 unspecified atom stereocenters. The molecule has 2 heteroatoms. The van der Waals surface area contributed by atoms with E-state index in [-0.39, 0.29) is 11.5 Å². The summed E-state index contributed by atoms with van der Waals surface area (Å²) in [5.74, 6) is 3.37. The molecule has 2 saturated carbocycles. The molecule has 0 amide bonds. The quantitative estimate of drug-likeness (QED) is 0.349. The van der Waals surface area contributed by atoms with E-state index in [1.165, 1.54) is 68.1 Å². The highest BCUT2D eigenvalue weighted by molar-refractivity contribution is 5.32. The van der Waals surface area contributed by atoms with Crippen LogP contribution >= 0.6 is 0 Å². The summed E-state index contributed by atoms with van der Waals surface area (Å²) in [6.07, 6.45) is 14.2. The average Bonchev–Trinajstić information content (AvgIpc) is 3.59.